The molecule has 1 atom stereocenters. The first-order valence-electron chi connectivity index (χ1n) is 8.52. The molecule has 0 aliphatic carbocycles. The third-order valence-corrected chi connectivity index (χ3v) is 5.20. The number of methoxy groups -OCH3 is 1. The number of anilines is 1. The van der Waals surface area contributed by atoms with E-state index >= 15 is 0 Å². The number of nitrogens with zero attached hydrogens (tertiary/aromatic N) is 1. The number of rotatable bonds is 5. The summed E-state index contributed by atoms with van der Waals surface area (Å²) in [6.07, 6.45) is 0.0782. The van der Waals surface area contributed by atoms with Gasteiger partial charge in [0.05, 0.1) is 7.11 Å². The highest BCUT2D eigenvalue weighted by atomic mass is 32.2. The summed E-state index contributed by atoms with van der Waals surface area (Å²) >= 11 is 1.25. The zero-order chi connectivity index (χ0) is 19.4. The Morgan fingerprint density at radius 2 is 2.04 bits per heavy atom. The maximum Gasteiger partial charge on any atom is 0.240 e. The van der Waals surface area contributed by atoms with E-state index in [-0.39, 0.29) is 18.2 Å². The van der Waals surface area contributed by atoms with Crippen LogP contribution in [0.4, 0.5) is 11.4 Å². The predicted octanol–water partition coefficient (Wildman–Crippen LogP) is 3.56. The Kier molecular flexibility index (Phi) is 5.81. The van der Waals surface area contributed by atoms with Gasteiger partial charge in [-0.1, -0.05) is 36.0 Å². The highest BCUT2D eigenvalue weighted by molar-refractivity contribution is 8.15. The van der Waals surface area contributed by atoms with Crippen molar-refractivity contribution >= 4 is 40.1 Å². The lowest BCUT2D eigenvalue weighted by Crippen LogP contribution is -2.28. The van der Waals surface area contributed by atoms with E-state index in [0.717, 1.165) is 16.8 Å². The number of carbonyl (C=O) groups excluding carboxylic acids is 2. The topological polar surface area (TPSA) is 79.8 Å². The van der Waals surface area contributed by atoms with Crippen molar-refractivity contribution in [2.45, 2.75) is 25.5 Å². The number of ether oxygens (including phenoxy) is 1. The number of carbonyl (C=O) groups is 2. The summed E-state index contributed by atoms with van der Waals surface area (Å²) in [5.74, 6) is 0.204. The lowest BCUT2D eigenvalue weighted by molar-refractivity contribution is -0.122. The Labute approximate surface area is 162 Å². The van der Waals surface area contributed by atoms with Crippen molar-refractivity contribution in [1.82, 2.24) is 5.32 Å². The van der Waals surface area contributed by atoms with Gasteiger partial charge in [0.1, 0.15) is 16.7 Å². The number of amidine groups is 1. The van der Waals surface area contributed by atoms with E-state index in [9.17, 15) is 9.59 Å². The molecule has 2 amide bonds. The van der Waals surface area contributed by atoms with Crippen molar-refractivity contribution in [2.24, 2.45) is 4.99 Å². The standard InChI is InChI=1S/C20H21N3O3S/c1-12-8-9-13(2)15(10-12)21-18(24)11-17-19(25)23-20(27-17)22-14-6-4-5-7-16(14)26-3/h4-10,17H,11H2,1-3H3,(H,21,24)(H,22,23,25)/t17-/m1/s1. The Hall–Kier alpha value is -2.80. The minimum atomic E-state index is -0.511. The second-order valence-corrected chi connectivity index (χ2v) is 7.45. The van der Waals surface area contributed by atoms with Gasteiger partial charge in [0.2, 0.25) is 11.8 Å². The van der Waals surface area contributed by atoms with E-state index in [2.05, 4.69) is 15.6 Å². The van der Waals surface area contributed by atoms with Crippen LogP contribution in [0.5, 0.6) is 5.75 Å². The molecule has 0 radical (unpaired) electrons. The van der Waals surface area contributed by atoms with E-state index in [1.807, 2.05) is 44.2 Å². The molecule has 1 aliphatic rings. The molecule has 1 aliphatic heterocycles. The second-order valence-electron chi connectivity index (χ2n) is 6.26. The highest BCUT2D eigenvalue weighted by Crippen LogP contribution is 2.30. The Bertz CT molecular complexity index is 911. The van der Waals surface area contributed by atoms with Crippen LogP contribution in [0.15, 0.2) is 47.5 Å². The summed E-state index contributed by atoms with van der Waals surface area (Å²) < 4.78 is 5.27. The molecule has 0 spiro atoms. The summed E-state index contributed by atoms with van der Waals surface area (Å²) in [6, 6.07) is 13.2. The summed E-state index contributed by atoms with van der Waals surface area (Å²) in [5, 5.41) is 5.58. The third kappa shape index (κ3) is 4.68. The summed E-state index contributed by atoms with van der Waals surface area (Å²) in [7, 11) is 1.57. The zero-order valence-electron chi connectivity index (χ0n) is 15.4. The van der Waals surface area contributed by atoms with E-state index in [4.69, 9.17) is 4.74 Å². The molecular formula is C20H21N3O3S. The van der Waals surface area contributed by atoms with Crippen LogP contribution in [0, 0.1) is 13.8 Å². The first-order chi connectivity index (χ1) is 13.0. The monoisotopic (exact) mass is 383 g/mol. The minimum absolute atomic E-state index is 0.0782. The fraction of sp³-hybridized carbons (Fsp3) is 0.250. The molecule has 1 saturated heterocycles. The van der Waals surface area contributed by atoms with Crippen LogP contribution in [0.1, 0.15) is 17.5 Å². The maximum absolute atomic E-state index is 12.4. The Morgan fingerprint density at radius 1 is 1.26 bits per heavy atom. The lowest BCUT2D eigenvalue weighted by Gasteiger charge is -2.10. The van der Waals surface area contributed by atoms with Crippen molar-refractivity contribution in [2.75, 3.05) is 12.4 Å². The van der Waals surface area contributed by atoms with E-state index < -0.39 is 5.25 Å². The largest absolute Gasteiger partial charge is 0.494 e. The second kappa shape index (κ2) is 8.26. The van der Waals surface area contributed by atoms with Crippen molar-refractivity contribution in [3.8, 4) is 5.75 Å². The highest BCUT2D eigenvalue weighted by Gasteiger charge is 2.32. The molecule has 6 nitrogen and oxygen atoms in total. The van der Waals surface area contributed by atoms with Crippen molar-refractivity contribution in [3.63, 3.8) is 0 Å². The Balaban J connectivity index is 1.66. The van der Waals surface area contributed by atoms with Gasteiger partial charge in [0, 0.05) is 12.1 Å². The molecular weight excluding hydrogens is 362 g/mol. The fourth-order valence-electron chi connectivity index (χ4n) is 2.66. The fourth-order valence-corrected chi connectivity index (χ4v) is 3.64. The van der Waals surface area contributed by atoms with Crippen LogP contribution >= 0.6 is 11.8 Å². The first kappa shape index (κ1) is 19.0. The van der Waals surface area contributed by atoms with Gasteiger partial charge < -0.3 is 15.4 Å². The van der Waals surface area contributed by atoms with E-state index in [1.165, 1.54) is 11.8 Å². The molecule has 27 heavy (non-hydrogen) atoms. The van der Waals surface area contributed by atoms with E-state index in [1.54, 1.807) is 19.2 Å². The first-order valence-corrected chi connectivity index (χ1v) is 9.40. The molecule has 2 aromatic carbocycles. The number of nitrogens with one attached hydrogen (secondary N) is 2. The van der Waals surface area contributed by atoms with Gasteiger partial charge in [-0.05, 0) is 43.2 Å². The number of amides is 2. The molecule has 3 rings (SSSR count). The number of aryl methyl sites for hydroxylation is 2. The SMILES string of the molecule is COc1ccccc1N=C1NC(=O)[C@@H](CC(=O)Nc2cc(C)ccc2C)S1. The number of aliphatic imine (C=N–C) groups is 1. The number of para-hydroxylation sites is 2. The van der Waals surface area contributed by atoms with Gasteiger partial charge in [-0.25, -0.2) is 4.99 Å². The van der Waals surface area contributed by atoms with Crippen LogP contribution in [0.2, 0.25) is 0 Å². The molecule has 7 heteroatoms. The molecule has 2 N–H and O–H groups in total. The number of benzene rings is 2. The molecule has 0 unspecified atom stereocenters. The normalized spacial score (nSPS) is 17.7. The van der Waals surface area contributed by atoms with Crippen LogP contribution < -0.4 is 15.4 Å². The van der Waals surface area contributed by atoms with Crippen LogP contribution in [0.25, 0.3) is 0 Å². The number of thioether (sulfide) groups is 1. The Morgan fingerprint density at radius 3 is 2.81 bits per heavy atom. The van der Waals surface area contributed by atoms with Crippen molar-refractivity contribution < 1.29 is 14.3 Å². The van der Waals surface area contributed by atoms with Crippen LogP contribution in [-0.4, -0.2) is 29.3 Å². The van der Waals surface area contributed by atoms with Gasteiger partial charge in [0.15, 0.2) is 5.17 Å². The summed E-state index contributed by atoms with van der Waals surface area (Å²) in [6.45, 7) is 3.90. The average molecular weight is 383 g/mol. The smallest absolute Gasteiger partial charge is 0.240 e. The predicted molar refractivity (Wildman–Crippen MR) is 109 cm³/mol. The summed E-state index contributed by atoms with van der Waals surface area (Å²) in [4.78, 5) is 29.0. The zero-order valence-corrected chi connectivity index (χ0v) is 16.2. The van der Waals surface area contributed by atoms with E-state index in [0.29, 0.717) is 16.6 Å². The summed E-state index contributed by atoms with van der Waals surface area (Å²) in [5.41, 5.74) is 3.45. The van der Waals surface area contributed by atoms with Gasteiger partial charge in [-0.2, -0.15) is 0 Å². The van der Waals surface area contributed by atoms with Gasteiger partial charge in [-0.3, -0.25) is 9.59 Å². The maximum atomic E-state index is 12.4. The molecule has 1 heterocycles. The van der Waals surface area contributed by atoms with Crippen LogP contribution in [0.3, 0.4) is 0 Å². The van der Waals surface area contributed by atoms with Crippen molar-refractivity contribution in [3.05, 3.63) is 53.6 Å². The molecule has 140 valence electrons. The molecule has 1 fully saturated rings. The lowest BCUT2D eigenvalue weighted by atomic mass is 10.1. The number of hydrogen-bond acceptors (Lipinski definition) is 5. The van der Waals surface area contributed by atoms with Gasteiger partial charge in [0.25, 0.3) is 0 Å². The van der Waals surface area contributed by atoms with Gasteiger partial charge >= 0.3 is 0 Å². The minimum Gasteiger partial charge on any atom is -0.494 e. The molecule has 2 aromatic rings. The van der Waals surface area contributed by atoms with Crippen LogP contribution in [-0.2, 0) is 9.59 Å². The molecule has 0 bridgehead atoms. The number of hydrogen-bond donors (Lipinski definition) is 2. The van der Waals surface area contributed by atoms with Crippen molar-refractivity contribution in [1.29, 1.82) is 0 Å². The average Bonchev–Trinajstić information content (AvgIpc) is 2.97. The third-order valence-electron chi connectivity index (χ3n) is 4.12. The quantitative estimate of drug-likeness (QED) is 0.827. The van der Waals surface area contributed by atoms with Gasteiger partial charge in [-0.15, -0.1) is 0 Å². The molecule has 0 saturated carbocycles. The molecule has 0 aromatic heterocycles.